The first-order chi connectivity index (χ1) is 14.3. The van der Waals surface area contributed by atoms with Gasteiger partial charge >= 0.3 is 5.97 Å². The third-order valence-electron chi connectivity index (χ3n) is 4.06. The number of hydrogen-bond acceptors (Lipinski definition) is 6. The van der Waals surface area contributed by atoms with Crippen LogP contribution < -0.4 is 20.1 Å². The van der Waals surface area contributed by atoms with Gasteiger partial charge in [0.2, 0.25) is 0 Å². The van der Waals surface area contributed by atoms with Crippen molar-refractivity contribution in [2.75, 3.05) is 20.8 Å². The zero-order chi connectivity index (χ0) is 22.1. The van der Waals surface area contributed by atoms with Crippen LogP contribution in [0.5, 0.6) is 11.5 Å². The van der Waals surface area contributed by atoms with Gasteiger partial charge in [-0.1, -0.05) is 12.1 Å². The van der Waals surface area contributed by atoms with E-state index in [1.165, 1.54) is 57.5 Å². The largest absolute Gasteiger partial charge is 0.497 e. The Balaban J connectivity index is 1.81. The van der Waals surface area contributed by atoms with Gasteiger partial charge in [0.25, 0.3) is 11.8 Å². The van der Waals surface area contributed by atoms with Gasteiger partial charge in [0.05, 0.1) is 14.2 Å². The minimum atomic E-state index is -1.06. The van der Waals surface area contributed by atoms with Crippen LogP contribution in [0.4, 0.5) is 4.39 Å². The Bertz CT molecular complexity index is 879. The molecular weight excluding hydrogens is 395 g/mol. The molecule has 0 spiro atoms. The number of carbonyl (C=O) groups excluding carboxylic acids is 3. The van der Waals surface area contributed by atoms with E-state index in [1.807, 2.05) is 0 Å². The highest BCUT2D eigenvalue weighted by Gasteiger charge is 2.18. The molecule has 0 fully saturated rings. The third-order valence-corrected chi connectivity index (χ3v) is 4.06. The highest BCUT2D eigenvalue weighted by molar-refractivity contribution is 5.96. The Morgan fingerprint density at radius 2 is 1.57 bits per heavy atom. The van der Waals surface area contributed by atoms with Crippen LogP contribution in [0.15, 0.2) is 42.5 Å². The van der Waals surface area contributed by atoms with Crippen LogP contribution in [0.2, 0.25) is 0 Å². The summed E-state index contributed by atoms with van der Waals surface area (Å²) in [6.07, 6.45) is -1.06. The van der Waals surface area contributed by atoms with Crippen LogP contribution in [-0.4, -0.2) is 44.7 Å². The molecule has 0 aliphatic heterocycles. The molecule has 2 rings (SSSR count). The fourth-order valence-corrected chi connectivity index (χ4v) is 2.42. The van der Waals surface area contributed by atoms with Crippen LogP contribution >= 0.6 is 0 Å². The van der Waals surface area contributed by atoms with E-state index < -0.39 is 30.4 Å². The van der Waals surface area contributed by atoms with Gasteiger partial charge < -0.3 is 24.8 Å². The zero-order valence-electron chi connectivity index (χ0n) is 16.9. The van der Waals surface area contributed by atoms with E-state index in [0.717, 1.165) is 0 Å². The molecule has 0 heterocycles. The molecule has 0 aromatic heterocycles. The summed E-state index contributed by atoms with van der Waals surface area (Å²) in [7, 11) is 2.91. The number of nitrogens with one attached hydrogen (secondary N) is 2. The predicted octanol–water partition coefficient (Wildman–Crippen LogP) is 1.82. The molecular formula is C21H23FN2O6. The first-order valence-electron chi connectivity index (χ1n) is 9.05. The van der Waals surface area contributed by atoms with E-state index in [9.17, 15) is 18.8 Å². The summed E-state index contributed by atoms with van der Waals surface area (Å²) in [5.41, 5.74) is 0.938. The molecule has 0 radical (unpaired) electrons. The predicted molar refractivity (Wildman–Crippen MR) is 106 cm³/mol. The maximum absolute atomic E-state index is 12.9. The van der Waals surface area contributed by atoms with Gasteiger partial charge in [-0.3, -0.25) is 14.4 Å². The summed E-state index contributed by atoms with van der Waals surface area (Å²) in [6, 6.07) is 10.2. The molecule has 0 saturated carbocycles. The van der Waals surface area contributed by atoms with Gasteiger partial charge in [0.1, 0.15) is 23.9 Å². The second-order valence-electron chi connectivity index (χ2n) is 6.26. The fourth-order valence-electron chi connectivity index (χ4n) is 2.42. The summed E-state index contributed by atoms with van der Waals surface area (Å²) in [5, 5.41) is 5.00. The number of methoxy groups -OCH3 is 2. The monoisotopic (exact) mass is 418 g/mol. The van der Waals surface area contributed by atoms with Crippen molar-refractivity contribution >= 4 is 17.8 Å². The summed E-state index contributed by atoms with van der Waals surface area (Å²) in [4.78, 5) is 36.2. The zero-order valence-corrected chi connectivity index (χ0v) is 16.9. The lowest BCUT2D eigenvalue weighted by molar-refractivity contribution is -0.153. The molecule has 160 valence electrons. The van der Waals surface area contributed by atoms with E-state index in [2.05, 4.69) is 10.6 Å². The average Bonchev–Trinajstić information content (AvgIpc) is 2.76. The minimum Gasteiger partial charge on any atom is -0.497 e. The highest BCUT2D eigenvalue weighted by atomic mass is 19.1. The van der Waals surface area contributed by atoms with Crippen molar-refractivity contribution in [1.29, 1.82) is 0 Å². The highest BCUT2D eigenvalue weighted by Crippen LogP contribution is 2.22. The normalized spacial score (nSPS) is 11.2. The molecule has 2 N–H and O–H groups in total. The summed E-state index contributed by atoms with van der Waals surface area (Å²) in [6.45, 7) is 1.15. The molecule has 1 atom stereocenters. The smallest absolute Gasteiger partial charge is 0.326 e. The van der Waals surface area contributed by atoms with Gasteiger partial charge in [0, 0.05) is 18.2 Å². The van der Waals surface area contributed by atoms with Gasteiger partial charge in [0.15, 0.2) is 6.10 Å². The van der Waals surface area contributed by atoms with Crippen LogP contribution in [0.3, 0.4) is 0 Å². The Morgan fingerprint density at radius 3 is 2.13 bits per heavy atom. The van der Waals surface area contributed by atoms with Crippen molar-refractivity contribution < 1.29 is 33.0 Å². The number of amides is 2. The molecule has 2 aromatic carbocycles. The van der Waals surface area contributed by atoms with E-state index in [1.54, 1.807) is 6.07 Å². The molecule has 30 heavy (non-hydrogen) atoms. The van der Waals surface area contributed by atoms with Gasteiger partial charge in [-0.2, -0.15) is 0 Å². The number of halogens is 1. The Labute approximate surface area is 173 Å². The van der Waals surface area contributed by atoms with E-state index in [4.69, 9.17) is 14.2 Å². The number of carbonyl (C=O) groups is 3. The second kappa shape index (κ2) is 10.8. The van der Waals surface area contributed by atoms with Gasteiger partial charge in [-0.15, -0.1) is 0 Å². The minimum absolute atomic E-state index is 0.162. The van der Waals surface area contributed by atoms with Crippen LogP contribution in [-0.2, 0) is 20.9 Å². The van der Waals surface area contributed by atoms with Crippen molar-refractivity contribution in [3.63, 3.8) is 0 Å². The second-order valence-corrected chi connectivity index (χ2v) is 6.26. The molecule has 0 saturated heterocycles. The number of esters is 1. The summed E-state index contributed by atoms with van der Waals surface area (Å²) in [5.74, 6) is -1.35. The number of rotatable bonds is 9. The maximum Gasteiger partial charge on any atom is 0.326 e. The molecule has 0 bridgehead atoms. The lowest BCUT2D eigenvalue weighted by atomic mass is 10.2. The standard InChI is InChI=1S/C21H23FN2O6/c1-13(20(26)23-11-14-4-6-16(22)7-5-14)30-19(25)12-24-21(27)15-8-17(28-2)10-18(9-15)29-3/h4-10,13H,11-12H2,1-3H3,(H,23,26)(H,24,27)/t13-/m0/s1. The number of ether oxygens (including phenoxy) is 3. The maximum atomic E-state index is 12.9. The molecule has 8 nitrogen and oxygen atoms in total. The fraction of sp³-hybridized carbons (Fsp3) is 0.286. The molecule has 0 aliphatic rings. The van der Waals surface area contributed by atoms with Gasteiger partial charge in [-0.25, -0.2) is 4.39 Å². The summed E-state index contributed by atoms with van der Waals surface area (Å²) < 4.78 is 28.1. The van der Waals surface area contributed by atoms with Crippen LogP contribution in [0.1, 0.15) is 22.8 Å². The van der Waals surface area contributed by atoms with E-state index in [0.29, 0.717) is 17.1 Å². The molecule has 0 unspecified atom stereocenters. The van der Waals surface area contributed by atoms with E-state index in [-0.39, 0.29) is 17.9 Å². The van der Waals surface area contributed by atoms with Gasteiger partial charge in [-0.05, 0) is 36.8 Å². The Kier molecular flexibility index (Phi) is 8.16. The average molecular weight is 418 g/mol. The SMILES string of the molecule is COc1cc(OC)cc(C(=O)NCC(=O)O[C@@H](C)C(=O)NCc2ccc(F)cc2)c1. The molecule has 2 aromatic rings. The van der Waals surface area contributed by atoms with Crippen molar-refractivity contribution in [3.8, 4) is 11.5 Å². The quantitative estimate of drug-likeness (QED) is 0.603. The van der Waals surface area contributed by atoms with Crippen molar-refractivity contribution in [2.24, 2.45) is 0 Å². The van der Waals surface area contributed by atoms with Crippen molar-refractivity contribution in [3.05, 3.63) is 59.4 Å². The number of hydrogen-bond donors (Lipinski definition) is 2. The first-order valence-corrected chi connectivity index (χ1v) is 9.05. The third kappa shape index (κ3) is 6.77. The van der Waals surface area contributed by atoms with Crippen LogP contribution in [0.25, 0.3) is 0 Å². The first kappa shape index (κ1) is 22.7. The lowest BCUT2D eigenvalue weighted by Gasteiger charge is -2.14. The molecule has 2 amide bonds. The van der Waals surface area contributed by atoms with E-state index >= 15 is 0 Å². The Morgan fingerprint density at radius 1 is 0.967 bits per heavy atom. The molecule has 9 heteroatoms. The van der Waals surface area contributed by atoms with Crippen molar-refractivity contribution in [2.45, 2.75) is 19.6 Å². The van der Waals surface area contributed by atoms with Crippen molar-refractivity contribution in [1.82, 2.24) is 10.6 Å². The topological polar surface area (TPSA) is 103 Å². The summed E-state index contributed by atoms with van der Waals surface area (Å²) >= 11 is 0. The molecule has 0 aliphatic carbocycles. The Hall–Kier alpha value is -3.62. The number of benzene rings is 2. The van der Waals surface area contributed by atoms with Crippen LogP contribution in [0, 0.1) is 5.82 Å². The lowest BCUT2D eigenvalue weighted by Crippen LogP contribution is -2.38.